The van der Waals surface area contributed by atoms with E-state index in [9.17, 15) is 0 Å². The van der Waals surface area contributed by atoms with E-state index in [1.165, 1.54) is 0 Å². The number of methoxy groups -OCH3 is 1. The van der Waals surface area contributed by atoms with Gasteiger partial charge in [0.25, 0.3) is 0 Å². The van der Waals surface area contributed by atoms with Gasteiger partial charge in [-0.2, -0.15) is 0 Å². The van der Waals surface area contributed by atoms with Crippen LogP contribution in [0.4, 0.5) is 0 Å². The zero-order valence-electron chi connectivity index (χ0n) is 8.92. The van der Waals surface area contributed by atoms with Gasteiger partial charge >= 0.3 is 0 Å². The van der Waals surface area contributed by atoms with E-state index >= 15 is 0 Å². The van der Waals surface area contributed by atoms with Crippen molar-refractivity contribution in [2.75, 3.05) is 40.0 Å². The van der Waals surface area contributed by atoms with Crippen LogP contribution in [0, 0.1) is 11.3 Å². The Morgan fingerprint density at radius 2 is 2.23 bits per heavy atom. The SMILES string of the molecule is COC[C@H]1CN(CCO)CC1(C)C. The molecule has 1 saturated heterocycles. The number of nitrogens with zero attached hydrogens (tertiary/aromatic N) is 1. The lowest BCUT2D eigenvalue weighted by Crippen LogP contribution is -2.26. The molecule has 1 rings (SSSR count). The molecule has 0 bridgehead atoms. The Morgan fingerprint density at radius 1 is 1.54 bits per heavy atom. The second-order valence-electron chi connectivity index (χ2n) is 4.60. The lowest BCUT2D eigenvalue weighted by Gasteiger charge is -2.24. The molecule has 0 aromatic carbocycles. The van der Waals surface area contributed by atoms with Crippen molar-refractivity contribution < 1.29 is 9.84 Å². The van der Waals surface area contributed by atoms with Crippen LogP contribution in [0.15, 0.2) is 0 Å². The number of aliphatic hydroxyl groups excluding tert-OH is 1. The molecule has 0 saturated carbocycles. The maximum absolute atomic E-state index is 8.84. The fraction of sp³-hybridized carbons (Fsp3) is 1.00. The van der Waals surface area contributed by atoms with Gasteiger partial charge in [-0.15, -0.1) is 0 Å². The van der Waals surface area contributed by atoms with Gasteiger partial charge in [-0.1, -0.05) is 13.8 Å². The van der Waals surface area contributed by atoms with Crippen LogP contribution in [0.1, 0.15) is 13.8 Å². The predicted octanol–water partition coefficient (Wildman–Crippen LogP) is 0.583. The summed E-state index contributed by atoms with van der Waals surface area (Å²) in [7, 11) is 1.75. The van der Waals surface area contributed by atoms with Gasteiger partial charge in [0.05, 0.1) is 13.2 Å². The van der Waals surface area contributed by atoms with Crippen LogP contribution in [-0.2, 0) is 4.74 Å². The topological polar surface area (TPSA) is 32.7 Å². The first-order valence-electron chi connectivity index (χ1n) is 4.92. The summed E-state index contributed by atoms with van der Waals surface area (Å²) in [5.74, 6) is 0.601. The van der Waals surface area contributed by atoms with Gasteiger partial charge < -0.3 is 14.7 Å². The Labute approximate surface area is 80.7 Å². The molecule has 1 atom stereocenters. The van der Waals surface area contributed by atoms with E-state index in [1.54, 1.807) is 7.11 Å². The maximum atomic E-state index is 8.84. The highest BCUT2D eigenvalue weighted by atomic mass is 16.5. The van der Waals surface area contributed by atoms with Crippen LogP contribution in [0.3, 0.4) is 0 Å². The predicted molar refractivity (Wildman–Crippen MR) is 52.7 cm³/mol. The zero-order valence-corrected chi connectivity index (χ0v) is 8.92. The minimum absolute atomic E-state index is 0.260. The van der Waals surface area contributed by atoms with Crippen molar-refractivity contribution in [3.8, 4) is 0 Å². The molecular weight excluding hydrogens is 166 g/mol. The molecule has 3 heteroatoms. The molecule has 0 aromatic heterocycles. The molecule has 0 spiro atoms. The fourth-order valence-corrected chi connectivity index (χ4v) is 2.12. The van der Waals surface area contributed by atoms with Crippen LogP contribution < -0.4 is 0 Å². The molecule has 1 heterocycles. The highest BCUT2D eigenvalue weighted by molar-refractivity contribution is 4.90. The minimum atomic E-state index is 0.260. The number of hydrogen-bond acceptors (Lipinski definition) is 3. The molecule has 0 amide bonds. The molecule has 1 aliphatic heterocycles. The summed E-state index contributed by atoms with van der Waals surface area (Å²) in [6.45, 7) is 8.56. The van der Waals surface area contributed by atoms with Crippen molar-refractivity contribution in [3.63, 3.8) is 0 Å². The summed E-state index contributed by atoms with van der Waals surface area (Å²) < 4.78 is 5.20. The number of hydrogen-bond donors (Lipinski definition) is 1. The van der Waals surface area contributed by atoms with E-state index < -0.39 is 0 Å². The average Bonchev–Trinajstić information content (AvgIpc) is 2.28. The molecule has 0 aliphatic carbocycles. The number of aliphatic hydroxyl groups is 1. The Morgan fingerprint density at radius 3 is 2.77 bits per heavy atom. The number of β-amino-alcohol motifs (C(OH)–C–C–N with tert-alkyl or cyclic N) is 1. The number of ether oxygens (including phenoxy) is 1. The monoisotopic (exact) mass is 187 g/mol. The van der Waals surface area contributed by atoms with Crippen molar-refractivity contribution in [3.05, 3.63) is 0 Å². The summed E-state index contributed by atoms with van der Waals surface area (Å²) in [5, 5.41) is 8.84. The standard InChI is InChI=1S/C10H21NO2/c1-10(2)8-11(4-5-12)6-9(10)7-13-3/h9,12H,4-8H2,1-3H3/t9-/m1/s1. The third-order valence-electron chi connectivity index (χ3n) is 3.00. The quantitative estimate of drug-likeness (QED) is 0.699. The van der Waals surface area contributed by atoms with E-state index in [0.717, 1.165) is 26.2 Å². The molecule has 0 radical (unpaired) electrons. The molecule has 0 aromatic rings. The largest absolute Gasteiger partial charge is 0.395 e. The van der Waals surface area contributed by atoms with Gasteiger partial charge in [0.15, 0.2) is 0 Å². The normalized spacial score (nSPS) is 28.2. The molecule has 3 nitrogen and oxygen atoms in total. The molecule has 1 N–H and O–H groups in total. The van der Waals surface area contributed by atoms with Crippen molar-refractivity contribution in [1.82, 2.24) is 4.90 Å². The highest BCUT2D eigenvalue weighted by Gasteiger charge is 2.38. The zero-order chi connectivity index (χ0) is 9.90. The molecule has 13 heavy (non-hydrogen) atoms. The lowest BCUT2D eigenvalue weighted by molar-refractivity contribution is 0.111. The van der Waals surface area contributed by atoms with E-state index in [0.29, 0.717) is 11.3 Å². The van der Waals surface area contributed by atoms with E-state index in [-0.39, 0.29) is 6.61 Å². The van der Waals surface area contributed by atoms with Crippen LogP contribution in [0.25, 0.3) is 0 Å². The van der Waals surface area contributed by atoms with Gasteiger partial charge in [0.1, 0.15) is 0 Å². The van der Waals surface area contributed by atoms with Crippen LogP contribution in [0.5, 0.6) is 0 Å². The summed E-state index contributed by atoms with van der Waals surface area (Å²) in [6, 6.07) is 0. The van der Waals surface area contributed by atoms with Gasteiger partial charge in [0, 0.05) is 32.7 Å². The smallest absolute Gasteiger partial charge is 0.0558 e. The highest BCUT2D eigenvalue weighted by Crippen LogP contribution is 2.34. The minimum Gasteiger partial charge on any atom is -0.395 e. The summed E-state index contributed by atoms with van der Waals surface area (Å²) in [4.78, 5) is 2.31. The molecule has 1 aliphatic rings. The Bertz CT molecular complexity index is 159. The van der Waals surface area contributed by atoms with Gasteiger partial charge in [-0.25, -0.2) is 0 Å². The van der Waals surface area contributed by atoms with Crippen LogP contribution >= 0.6 is 0 Å². The Kier molecular flexibility index (Phi) is 3.71. The van der Waals surface area contributed by atoms with Crippen molar-refractivity contribution in [2.45, 2.75) is 13.8 Å². The van der Waals surface area contributed by atoms with E-state index in [1.807, 2.05) is 0 Å². The third kappa shape index (κ3) is 2.66. The lowest BCUT2D eigenvalue weighted by atomic mass is 9.83. The van der Waals surface area contributed by atoms with Crippen molar-refractivity contribution >= 4 is 0 Å². The van der Waals surface area contributed by atoms with Crippen molar-refractivity contribution in [1.29, 1.82) is 0 Å². The number of rotatable bonds is 4. The Hall–Kier alpha value is -0.120. The Balaban J connectivity index is 2.47. The van der Waals surface area contributed by atoms with Gasteiger partial charge in [0.2, 0.25) is 0 Å². The van der Waals surface area contributed by atoms with Crippen LogP contribution in [-0.4, -0.2) is 50.0 Å². The van der Waals surface area contributed by atoms with Crippen LogP contribution in [0.2, 0.25) is 0 Å². The maximum Gasteiger partial charge on any atom is 0.0558 e. The van der Waals surface area contributed by atoms with Crippen molar-refractivity contribution in [2.24, 2.45) is 11.3 Å². The van der Waals surface area contributed by atoms with E-state index in [2.05, 4.69) is 18.7 Å². The first-order valence-corrected chi connectivity index (χ1v) is 4.92. The van der Waals surface area contributed by atoms with E-state index in [4.69, 9.17) is 9.84 Å². The summed E-state index contributed by atoms with van der Waals surface area (Å²) in [5.41, 5.74) is 0.325. The van der Waals surface area contributed by atoms with Gasteiger partial charge in [-0.3, -0.25) is 0 Å². The third-order valence-corrected chi connectivity index (χ3v) is 3.00. The first-order chi connectivity index (χ1) is 6.10. The molecule has 78 valence electrons. The van der Waals surface area contributed by atoms with Gasteiger partial charge in [-0.05, 0) is 5.41 Å². The molecule has 1 fully saturated rings. The number of likely N-dealkylation sites (tertiary alicyclic amines) is 1. The first kappa shape index (κ1) is 11.0. The fourth-order valence-electron chi connectivity index (χ4n) is 2.12. The summed E-state index contributed by atoms with van der Waals surface area (Å²) in [6.07, 6.45) is 0. The second-order valence-corrected chi connectivity index (χ2v) is 4.60. The second kappa shape index (κ2) is 4.40. The summed E-state index contributed by atoms with van der Waals surface area (Å²) >= 11 is 0. The molecular formula is C10H21NO2. The average molecular weight is 187 g/mol. The molecule has 0 unspecified atom stereocenters.